The van der Waals surface area contributed by atoms with E-state index < -0.39 is 10.9 Å². The van der Waals surface area contributed by atoms with Crippen LogP contribution >= 0.6 is 0 Å². The number of nitro groups is 1. The fraction of sp³-hybridized carbons (Fsp3) is 0.269. The van der Waals surface area contributed by atoms with Gasteiger partial charge in [-0.15, -0.1) is 0 Å². The van der Waals surface area contributed by atoms with Crippen molar-refractivity contribution >= 4 is 23.4 Å². The van der Waals surface area contributed by atoms with E-state index in [2.05, 4.69) is 4.98 Å². The lowest BCUT2D eigenvalue weighted by atomic mass is 9.98. The van der Waals surface area contributed by atoms with E-state index in [-0.39, 0.29) is 30.4 Å². The van der Waals surface area contributed by atoms with Crippen LogP contribution in [0.2, 0.25) is 0 Å². The van der Waals surface area contributed by atoms with Crippen molar-refractivity contribution < 1.29 is 19.2 Å². The lowest BCUT2D eigenvalue weighted by Crippen LogP contribution is -2.32. The van der Waals surface area contributed by atoms with Gasteiger partial charge in [0.05, 0.1) is 24.1 Å². The minimum absolute atomic E-state index is 0.0565. The minimum Gasteiger partial charge on any atom is -0.465 e. The third-order valence-electron chi connectivity index (χ3n) is 5.43. The Morgan fingerprint density at radius 3 is 2.38 bits per heavy atom. The SMILES string of the molecule is CCCC(=O)N(Cc1ccc(-c2ccccc2C(=O)OC)cc1)c1nc(C)cc(C)c1[N+](=O)[O-]. The van der Waals surface area contributed by atoms with Crippen LogP contribution in [0.15, 0.2) is 54.6 Å². The van der Waals surface area contributed by atoms with Crippen molar-refractivity contribution in [1.29, 1.82) is 0 Å². The maximum atomic E-state index is 13.0. The van der Waals surface area contributed by atoms with Gasteiger partial charge in [-0.25, -0.2) is 9.78 Å². The molecule has 1 amide bonds. The Morgan fingerprint density at radius 1 is 1.09 bits per heavy atom. The number of hydrogen-bond acceptors (Lipinski definition) is 6. The van der Waals surface area contributed by atoms with Crippen molar-refractivity contribution in [3.8, 4) is 11.1 Å². The highest BCUT2D eigenvalue weighted by Crippen LogP contribution is 2.32. The van der Waals surface area contributed by atoms with Gasteiger partial charge in [0.15, 0.2) is 0 Å². The molecule has 0 aliphatic carbocycles. The molecule has 0 aliphatic rings. The van der Waals surface area contributed by atoms with Crippen LogP contribution in [0.25, 0.3) is 11.1 Å². The number of amides is 1. The molecule has 0 unspecified atom stereocenters. The van der Waals surface area contributed by atoms with E-state index in [1.165, 1.54) is 12.0 Å². The van der Waals surface area contributed by atoms with E-state index in [0.29, 0.717) is 23.2 Å². The van der Waals surface area contributed by atoms with Gasteiger partial charge in [-0.1, -0.05) is 49.4 Å². The van der Waals surface area contributed by atoms with Crippen LogP contribution in [0.1, 0.15) is 46.9 Å². The normalized spacial score (nSPS) is 10.6. The summed E-state index contributed by atoms with van der Waals surface area (Å²) in [5, 5.41) is 11.8. The van der Waals surface area contributed by atoms with Crippen LogP contribution in [0.5, 0.6) is 0 Å². The summed E-state index contributed by atoms with van der Waals surface area (Å²) in [6.45, 7) is 5.41. The van der Waals surface area contributed by atoms with Gasteiger partial charge in [0.25, 0.3) is 0 Å². The number of hydrogen-bond donors (Lipinski definition) is 0. The third kappa shape index (κ3) is 5.28. The van der Waals surface area contributed by atoms with Crippen molar-refractivity contribution in [3.63, 3.8) is 0 Å². The molecule has 8 heteroatoms. The van der Waals surface area contributed by atoms with E-state index >= 15 is 0 Å². The molecule has 1 aromatic heterocycles. The molecule has 0 bridgehead atoms. The van der Waals surface area contributed by atoms with Crippen LogP contribution in [0, 0.1) is 24.0 Å². The fourth-order valence-corrected chi connectivity index (χ4v) is 3.85. The number of rotatable bonds is 8. The first-order valence-corrected chi connectivity index (χ1v) is 11.0. The molecule has 0 saturated carbocycles. The molecule has 8 nitrogen and oxygen atoms in total. The van der Waals surface area contributed by atoms with E-state index in [0.717, 1.165) is 16.7 Å². The van der Waals surface area contributed by atoms with Crippen LogP contribution in [0.4, 0.5) is 11.5 Å². The summed E-state index contributed by atoms with van der Waals surface area (Å²) >= 11 is 0. The van der Waals surface area contributed by atoms with Gasteiger partial charge >= 0.3 is 11.7 Å². The second-order valence-corrected chi connectivity index (χ2v) is 7.97. The lowest BCUT2D eigenvalue weighted by Gasteiger charge is -2.23. The molecule has 1 heterocycles. The molecule has 176 valence electrons. The maximum Gasteiger partial charge on any atom is 0.338 e. The molecule has 0 N–H and O–H groups in total. The number of aryl methyl sites for hydroxylation is 2. The summed E-state index contributed by atoms with van der Waals surface area (Å²) < 4.78 is 4.88. The smallest absolute Gasteiger partial charge is 0.338 e. The van der Waals surface area contributed by atoms with Crippen molar-refractivity contribution in [2.75, 3.05) is 12.0 Å². The molecule has 34 heavy (non-hydrogen) atoms. The molecular weight excluding hydrogens is 434 g/mol. The van der Waals surface area contributed by atoms with Gasteiger partial charge < -0.3 is 4.74 Å². The van der Waals surface area contributed by atoms with Crippen molar-refractivity contribution in [2.45, 2.75) is 40.2 Å². The summed E-state index contributed by atoms with van der Waals surface area (Å²) in [4.78, 5) is 42.2. The number of benzene rings is 2. The Bertz CT molecular complexity index is 1220. The minimum atomic E-state index is -0.490. The highest BCUT2D eigenvalue weighted by molar-refractivity contribution is 5.97. The summed E-state index contributed by atoms with van der Waals surface area (Å²) in [5.41, 5.74) is 3.65. The second-order valence-electron chi connectivity index (χ2n) is 7.97. The Balaban J connectivity index is 2.00. The number of esters is 1. The van der Waals surface area contributed by atoms with Gasteiger partial charge in [-0.3, -0.25) is 19.8 Å². The third-order valence-corrected chi connectivity index (χ3v) is 5.43. The topological polar surface area (TPSA) is 103 Å². The number of nitrogens with zero attached hydrogens (tertiary/aromatic N) is 3. The predicted molar refractivity (Wildman–Crippen MR) is 130 cm³/mol. The number of carbonyl (C=O) groups is 2. The van der Waals surface area contributed by atoms with Gasteiger partial charge in [0.1, 0.15) is 0 Å². The number of carbonyl (C=O) groups excluding carboxylic acids is 2. The molecule has 0 radical (unpaired) electrons. The quantitative estimate of drug-likeness (QED) is 0.253. The van der Waals surface area contributed by atoms with Crippen LogP contribution < -0.4 is 4.90 Å². The Labute approximate surface area is 198 Å². The molecule has 2 aromatic carbocycles. The van der Waals surface area contributed by atoms with E-state index in [1.807, 2.05) is 43.3 Å². The van der Waals surface area contributed by atoms with Crippen molar-refractivity contribution in [2.24, 2.45) is 0 Å². The summed E-state index contributed by atoms with van der Waals surface area (Å²) in [6.07, 6.45) is 0.855. The average Bonchev–Trinajstić information content (AvgIpc) is 2.81. The van der Waals surface area contributed by atoms with Crippen molar-refractivity contribution in [3.05, 3.63) is 87.1 Å². The highest BCUT2D eigenvalue weighted by Gasteiger charge is 2.28. The molecule has 0 atom stereocenters. The molecule has 3 aromatic rings. The number of pyridine rings is 1. The first-order valence-electron chi connectivity index (χ1n) is 11.0. The molecular formula is C26H27N3O5. The zero-order chi connectivity index (χ0) is 24.8. The molecule has 0 spiro atoms. The molecule has 3 rings (SSSR count). The maximum absolute atomic E-state index is 13.0. The van der Waals surface area contributed by atoms with Crippen LogP contribution in [-0.2, 0) is 16.1 Å². The first-order chi connectivity index (χ1) is 16.3. The lowest BCUT2D eigenvalue weighted by molar-refractivity contribution is -0.384. The number of anilines is 1. The molecule has 0 saturated heterocycles. The van der Waals surface area contributed by atoms with Gasteiger partial charge in [-0.05, 0) is 49.1 Å². The number of ether oxygens (including phenoxy) is 1. The van der Waals surface area contributed by atoms with Gasteiger partial charge in [-0.2, -0.15) is 0 Å². The Hall–Kier alpha value is -4.07. The van der Waals surface area contributed by atoms with E-state index in [1.54, 1.807) is 32.0 Å². The summed E-state index contributed by atoms with van der Waals surface area (Å²) in [6, 6.07) is 16.2. The average molecular weight is 462 g/mol. The van der Waals surface area contributed by atoms with E-state index in [4.69, 9.17) is 4.74 Å². The van der Waals surface area contributed by atoms with E-state index in [9.17, 15) is 19.7 Å². The zero-order valence-corrected chi connectivity index (χ0v) is 19.7. The zero-order valence-electron chi connectivity index (χ0n) is 19.7. The predicted octanol–water partition coefficient (Wildman–Crippen LogP) is 5.39. The summed E-state index contributed by atoms with van der Waals surface area (Å²) in [5.74, 6) is -0.603. The van der Waals surface area contributed by atoms with Crippen LogP contribution in [-0.4, -0.2) is 28.9 Å². The fourth-order valence-electron chi connectivity index (χ4n) is 3.85. The van der Waals surface area contributed by atoms with Gasteiger partial charge in [0.2, 0.25) is 11.7 Å². The number of aromatic nitrogens is 1. The van der Waals surface area contributed by atoms with Crippen molar-refractivity contribution in [1.82, 2.24) is 4.98 Å². The Kier molecular flexibility index (Phi) is 7.73. The van der Waals surface area contributed by atoms with Gasteiger partial charge in [0, 0.05) is 17.7 Å². The molecule has 0 aliphatic heterocycles. The summed E-state index contributed by atoms with van der Waals surface area (Å²) in [7, 11) is 1.34. The molecule has 0 fully saturated rings. The highest BCUT2D eigenvalue weighted by atomic mass is 16.6. The standard InChI is InChI=1S/C26H27N3O5/c1-5-8-23(30)28(25-24(29(32)33)17(2)15-18(3)27-25)16-19-11-13-20(14-12-19)21-9-6-7-10-22(21)26(31)34-4/h6-7,9-15H,5,8,16H2,1-4H3. The Morgan fingerprint density at radius 2 is 1.76 bits per heavy atom. The second kappa shape index (κ2) is 10.7. The van der Waals surface area contributed by atoms with Crippen LogP contribution in [0.3, 0.4) is 0 Å². The number of methoxy groups -OCH3 is 1. The first kappa shape index (κ1) is 24.6. The largest absolute Gasteiger partial charge is 0.465 e. The monoisotopic (exact) mass is 461 g/mol.